The lowest BCUT2D eigenvalue weighted by atomic mass is 10.1. The zero-order valence-electron chi connectivity index (χ0n) is 15.9. The van der Waals surface area contributed by atoms with Crippen molar-refractivity contribution in [1.82, 2.24) is 10.6 Å². The van der Waals surface area contributed by atoms with Crippen molar-refractivity contribution in [1.29, 1.82) is 0 Å². The molecule has 0 radical (unpaired) electrons. The molecule has 1 atom stereocenters. The van der Waals surface area contributed by atoms with Gasteiger partial charge in [0.2, 0.25) is 0 Å². The van der Waals surface area contributed by atoms with E-state index in [-0.39, 0.29) is 17.9 Å². The number of benzene rings is 1. The van der Waals surface area contributed by atoms with Gasteiger partial charge in [-0.3, -0.25) is 9.79 Å². The van der Waals surface area contributed by atoms with Gasteiger partial charge in [0.15, 0.2) is 5.96 Å². The molecule has 0 fully saturated rings. The van der Waals surface area contributed by atoms with Crippen LogP contribution in [0.25, 0.3) is 0 Å². The molecule has 1 aromatic carbocycles. The molecular formula is C19H30FN3O3. The van der Waals surface area contributed by atoms with E-state index in [2.05, 4.69) is 20.4 Å². The maximum absolute atomic E-state index is 13.1. The average molecular weight is 367 g/mol. The third-order valence-electron chi connectivity index (χ3n) is 3.74. The van der Waals surface area contributed by atoms with Crippen molar-refractivity contribution in [2.45, 2.75) is 45.1 Å². The molecular weight excluding hydrogens is 337 g/mol. The van der Waals surface area contributed by atoms with Crippen LogP contribution in [0.2, 0.25) is 0 Å². The van der Waals surface area contributed by atoms with Crippen LogP contribution in [0.15, 0.2) is 29.3 Å². The number of methoxy groups -OCH3 is 1. The van der Waals surface area contributed by atoms with E-state index in [1.165, 1.54) is 19.2 Å². The van der Waals surface area contributed by atoms with Crippen molar-refractivity contribution in [3.05, 3.63) is 30.1 Å². The molecule has 0 heterocycles. The Morgan fingerprint density at radius 1 is 1.23 bits per heavy atom. The zero-order chi connectivity index (χ0) is 19.2. The lowest BCUT2D eigenvalue weighted by molar-refractivity contribution is -0.140. The van der Waals surface area contributed by atoms with E-state index in [9.17, 15) is 9.18 Å². The number of halogens is 1. The lowest BCUT2D eigenvalue weighted by Crippen LogP contribution is -2.42. The van der Waals surface area contributed by atoms with Gasteiger partial charge in [-0.2, -0.15) is 0 Å². The van der Waals surface area contributed by atoms with E-state index < -0.39 is 0 Å². The summed E-state index contributed by atoms with van der Waals surface area (Å²) in [5, 5.41) is 6.43. The first-order chi connectivity index (χ1) is 12.5. The van der Waals surface area contributed by atoms with Crippen molar-refractivity contribution in [2.24, 2.45) is 4.99 Å². The number of ether oxygens (including phenoxy) is 2. The largest absolute Gasteiger partial charge is 0.489 e. The standard InChI is InChI=1S/C19H30FN3O3/c1-15(26-17-10-8-9-16(20)13-17)14-23-19(21-2)22-12-7-5-4-6-11-18(24)25-3/h8-10,13,15H,4-7,11-12,14H2,1-3H3,(H2,21,22,23). The summed E-state index contributed by atoms with van der Waals surface area (Å²) in [7, 11) is 3.12. The molecule has 0 aliphatic heterocycles. The normalized spacial score (nSPS) is 12.4. The lowest BCUT2D eigenvalue weighted by Gasteiger charge is -2.17. The average Bonchev–Trinajstić information content (AvgIpc) is 2.63. The molecule has 0 aliphatic carbocycles. The Morgan fingerprint density at radius 3 is 2.69 bits per heavy atom. The number of aliphatic imine (C=N–C) groups is 1. The van der Waals surface area contributed by atoms with Gasteiger partial charge < -0.3 is 20.1 Å². The van der Waals surface area contributed by atoms with Crippen LogP contribution in [0.1, 0.15) is 39.0 Å². The van der Waals surface area contributed by atoms with E-state index in [0.29, 0.717) is 24.7 Å². The summed E-state index contributed by atoms with van der Waals surface area (Å²) < 4.78 is 23.4. The molecule has 7 heteroatoms. The van der Waals surface area contributed by atoms with Gasteiger partial charge in [0.25, 0.3) is 0 Å². The highest BCUT2D eigenvalue weighted by Crippen LogP contribution is 2.13. The monoisotopic (exact) mass is 367 g/mol. The van der Waals surface area contributed by atoms with Gasteiger partial charge in [-0.25, -0.2) is 4.39 Å². The summed E-state index contributed by atoms with van der Waals surface area (Å²) in [4.78, 5) is 15.2. The SMILES string of the molecule is CN=C(NCCCCCCC(=O)OC)NCC(C)Oc1cccc(F)c1. The number of nitrogens with zero attached hydrogens (tertiary/aromatic N) is 1. The smallest absolute Gasteiger partial charge is 0.305 e. The molecule has 2 N–H and O–H groups in total. The Kier molecular flexibility index (Phi) is 10.8. The van der Waals surface area contributed by atoms with E-state index >= 15 is 0 Å². The van der Waals surface area contributed by atoms with Gasteiger partial charge in [0.1, 0.15) is 17.7 Å². The molecule has 1 rings (SSSR count). The van der Waals surface area contributed by atoms with E-state index in [1.807, 2.05) is 6.92 Å². The summed E-state index contributed by atoms with van der Waals surface area (Å²) in [5.41, 5.74) is 0. The Balaban J connectivity index is 2.13. The molecule has 1 aromatic rings. The second-order valence-corrected chi connectivity index (χ2v) is 6.01. The quantitative estimate of drug-likeness (QED) is 0.272. The van der Waals surface area contributed by atoms with Gasteiger partial charge >= 0.3 is 5.97 Å². The topological polar surface area (TPSA) is 72.0 Å². The molecule has 26 heavy (non-hydrogen) atoms. The van der Waals surface area contributed by atoms with Crippen LogP contribution < -0.4 is 15.4 Å². The van der Waals surface area contributed by atoms with Crippen LogP contribution in [0.5, 0.6) is 5.75 Å². The van der Waals surface area contributed by atoms with E-state index in [1.54, 1.807) is 19.2 Å². The fraction of sp³-hybridized carbons (Fsp3) is 0.579. The number of esters is 1. The maximum Gasteiger partial charge on any atom is 0.305 e. The fourth-order valence-electron chi connectivity index (χ4n) is 2.33. The van der Waals surface area contributed by atoms with E-state index in [4.69, 9.17) is 4.74 Å². The number of carbonyl (C=O) groups excluding carboxylic acids is 1. The number of rotatable bonds is 11. The first-order valence-electron chi connectivity index (χ1n) is 8.98. The van der Waals surface area contributed by atoms with Gasteiger partial charge in [-0.1, -0.05) is 18.9 Å². The minimum atomic E-state index is -0.313. The summed E-state index contributed by atoms with van der Waals surface area (Å²) in [5.74, 6) is 0.748. The molecule has 1 unspecified atom stereocenters. The molecule has 0 bridgehead atoms. The van der Waals surface area contributed by atoms with E-state index in [0.717, 1.165) is 32.2 Å². The van der Waals surface area contributed by atoms with Gasteiger partial charge in [-0.05, 0) is 31.9 Å². The first kappa shape index (κ1) is 21.7. The van der Waals surface area contributed by atoms with Crippen molar-refractivity contribution < 1.29 is 18.7 Å². The predicted molar refractivity (Wildman–Crippen MR) is 101 cm³/mol. The first-order valence-corrected chi connectivity index (χ1v) is 8.98. The van der Waals surface area contributed by atoms with Crippen LogP contribution in [-0.4, -0.2) is 45.3 Å². The Hall–Kier alpha value is -2.31. The van der Waals surface area contributed by atoms with Crippen LogP contribution >= 0.6 is 0 Å². The van der Waals surface area contributed by atoms with Crippen LogP contribution in [0.3, 0.4) is 0 Å². The highest BCUT2D eigenvalue weighted by molar-refractivity contribution is 5.79. The minimum Gasteiger partial charge on any atom is -0.489 e. The zero-order valence-corrected chi connectivity index (χ0v) is 15.9. The van der Waals surface area contributed by atoms with Crippen LogP contribution in [0.4, 0.5) is 4.39 Å². The van der Waals surface area contributed by atoms with Crippen LogP contribution in [-0.2, 0) is 9.53 Å². The third kappa shape index (κ3) is 9.86. The van der Waals surface area contributed by atoms with Gasteiger partial charge in [0.05, 0.1) is 13.7 Å². The summed E-state index contributed by atoms with van der Waals surface area (Å²) in [6, 6.07) is 6.10. The number of hydrogen-bond donors (Lipinski definition) is 2. The van der Waals surface area contributed by atoms with Crippen molar-refractivity contribution in [3.8, 4) is 5.75 Å². The molecule has 0 spiro atoms. The number of guanidine groups is 1. The predicted octanol–water partition coefficient (Wildman–Crippen LogP) is 2.88. The highest BCUT2D eigenvalue weighted by Gasteiger charge is 2.06. The number of nitrogens with one attached hydrogen (secondary N) is 2. The molecule has 6 nitrogen and oxygen atoms in total. The number of carbonyl (C=O) groups is 1. The van der Waals surface area contributed by atoms with Gasteiger partial charge in [0, 0.05) is 26.1 Å². The minimum absolute atomic E-state index is 0.131. The van der Waals surface area contributed by atoms with Crippen LogP contribution in [0, 0.1) is 5.82 Å². The number of hydrogen-bond acceptors (Lipinski definition) is 4. The molecule has 0 amide bonds. The maximum atomic E-state index is 13.1. The fourth-order valence-corrected chi connectivity index (χ4v) is 2.33. The molecule has 146 valence electrons. The molecule has 0 aliphatic rings. The van der Waals surface area contributed by atoms with Crippen molar-refractivity contribution in [2.75, 3.05) is 27.2 Å². The number of unbranched alkanes of at least 4 members (excludes halogenated alkanes) is 3. The summed E-state index contributed by atoms with van der Waals surface area (Å²) in [6.07, 6.45) is 4.25. The highest BCUT2D eigenvalue weighted by atomic mass is 19.1. The molecule has 0 aromatic heterocycles. The Morgan fingerprint density at radius 2 is 2.00 bits per heavy atom. The second-order valence-electron chi connectivity index (χ2n) is 6.01. The third-order valence-corrected chi connectivity index (χ3v) is 3.74. The Labute approximate surface area is 155 Å². The Bertz CT molecular complexity index is 567. The summed E-state index contributed by atoms with van der Waals surface area (Å²) in [6.45, 7) is 3.26. The van der Waals surface area contributed by atoms with Gasteiger partial charge in [-0.15, -0.1) is 0 Å². The van der Waals surface area contributed by atoms with Crippen molar-refractivity contribution in [3.63, 3.8) is 0 Å². The second kappa shape index (κ2) is 13.0. The molecule has 0 saturated carbocycles. The summed E-state index contributed by atoms with van der Waals surface area (Å²) >= 11 is 0. The molecule has 0 saturated heterocycles. The van der Waals surface area contributed by atoms with Crippen molar-refractivity contribution >= 4 is 11.9 Å².